The zero-order valence-electron chi connectivity index (χ0n) is 9.60. The van der Waals surface area contributed by atoms with Crippen LogP contribution >= 0.6 is 15.9 Å². The smallest absolute Gasteiger partial charge is 0.381 e. The average molecular weight is 326 g/mol. The number of alkyl halides is 3. The molecule has 0 bridgehead atoms. The van der Waals surface area contributed by atoms with E-state index in [1.54, 1.807) is 0 Å². The van der Waals surface area contributed by atoms with Crippen LogP contribution in [0.1, 0.15) is 19.4 Å². The van der Waals surface area contributed by atoms with Crippen LogP contribution in [0.15, 0.2) is 22.7 Å². The third kappa shape index (κ3) is 3.71. The molecule has 0 aliphatic heterocycles. The Kier molecular flexibility index (Phi) is 4.07. The first-order chi connectivity index (χ1) is 8.01. The summed E-state index contributed by atoms with van der Waals surface area (Å²) in [6.07, 6.45) is -4.49. The molecule has 0 aliphatic carbocycles. The minimum absolute atomic E-state index is 0.0445. The topological polar surface area (TPSA) is 49.3 Å². The van der Waals surface area contributed by atoms with Gasteiger partial charge in [0.25, 0.3) is 5.91 Å². The fraction of sp³-hybridized carbons (Fsp3) is 0.364. The second kappa shape index (κ2) is 4.89. The third-order valence-corrected chi connectivity index (χ3v) is 2.79. The summed E-state index contributed by atoms with van der Waals surface area (Å²) in [6, 6.07) is 2.88. The van der Waals surface area contributed by atoms with Gasteiger partial charge in [0, 0.05) is 4.47 Å². The van der Waals surface area contributed by atoms with Gasteiger partial charge in [0.2, 0.25) is 0 Å². The van der Waals surface area contributed by atoms with Crippen LogP contribution in [-0.2, 0) is 11.0 Å². The van der Waals surface area contributed by atoms with Gasteiger partial charge in [-0.15, -0.1) is 0 Å². The summed E-state index contributed by atoms with van der Waals surface area (Å²) in [6.45, 7) is 2.48. The number of rotatable bonds is 2. The van der Waals surface area contributed by atoms with Crippen molar-refractivity contribution >= 4 is 27.5 Å². The van der Waals surface area contributed by atoms with Crippen LogP contribution in [0, 0.1) is 0 Å². The van der Waals surface area contributed by atoms with E-state index in [-0.39, 0.29) is 5.69 Å². The van der Waals surface area contributed by atoms with E-state index in [2.05, 4.69) is 21.2 Å². The lowest BCUT2D eigenvalue weighted by molar-refractivity contribution is -0.137. The van der Waals surface area contributed by atoms with Crippen molar-refractivity contribution in [1.29, 1.82) is 0 Å². The molecule has 1 aromatic carbocycles. The maximum absolute atomic E-state index is 12.5. The highest BCUT2D eigenvalue weighted by molar-refractivity contribution is 9.10. The number of carbonyl (C=O) groups excluding carboxylic acids is 1. The Morgan fingerprint density at radius 1 is 1.33 bits per heavy atom. The lowest BCUT2D eigenvalue weighted by Crippen LogP contribution is -2.36. The van der Waals surface area contributed by atoms with Gasteiger partial charge in [-0.2, -0.15) is 13.2 Å². The first kappa shape index (κ1) is 15.0. The van der Waals surface area contributed by atoms with E-state index in [0.29, 0.717) is 4.47 Å². The molecule has 1 aromatic rings. The summed E-state index contributed by atoms with van der Waals surface area (Å²) in [7, 11) is 0. The number of hydrogen-bond acceptors (Lipinski definition) is 2. The molecule has 0 heterocycles. The second-order valence-electron chi connectivity index (χ2n) is 4.21. The minimum Gasteiger partial charge on any atom is -0.381 e. The van der Waals surface area contributed by atoms with E-state index in [1.807, 2.05) is 0 Å². The Labute approximate surface area is 110 Å². The quantitative estimate of drug-likeness (QED) is 0.877. The molecule has 2 N–H and O–H groups in total. The van der Waals surface area contributed by atoms with Crippen molar-refractivity contribution in [3.05, 3.63) is 28.2 Å². The molecule has 100 valence electrons. The molecule has 0 fully saturated rings. The minimum atomic E-state index is -4.49. The van der Waals surface area contributed by atoms with Crippen molar-refractivity contribution in [3.63, 3.8) is 0 Å². The molecule has 3 nitrogen and oxygen atoms in total. The summed E-state index contributed by atoms with van der Waals surface area (Å²) < 4.78 is 37.8. The van der Waals surface area contributed by atoms with E-state index in [0.717, 1.165) is 12.1 Å². The largest absolute Gasteiger partial charge is 0.416 e. The molecule has 18 heavy (non-hydrogen) atoms. The van der Waals surface area contributed by atoms with Crippen molar-refractivity contribution < 1.29 is 23.1 Å². The van der Waals surface area contributed by atoms with Gasteiger partial charge in [0.05, 0.1) is 11.3 Å². The van der Waals surface area contributed by atoms with Crippen LogP contribution in [0.5, 0.6) is 0 Å². The van der Waals surface area contributed by atoms with E-state index < -0.39 is 23.2 Å². The Morgan fingerprint density at radius 2 is 1.89 bits per heavy atom. The van der Waals surface area contributed by atoms with Crippen molar-refractivity contribution in [2.75, 3.05) is 5.32 Å². The summed E-state index contributed by atoms with van der Waals surface area (Å²) in [5.41, 5.74) is -2.60. The number of halogens is 4. The van der Waals surface area contributed by atoms with E-state index in [4.69, 9.17) is 0 Å². The summed E-state index contributed by atoms with van der Waals surface area (Å²) >= 11 is 3.03. The Bertz CT molecular complexity index is 466. The van der Waals surface area contributed by atoms with Crippen LogP contribution in [0.4, 0.5) is 18.9 Å². The SMILES string of the molecule is CC(C)(O)C(=O)Nc1cc(C(F)(F)F)ccc1Br. The zero-order chi connectivity index (χ0) is 14.1. The number of nitrogens with one attached hydrogen (secondary N) is 1. The van der Waals surface area contributed by atoms with Crippen molar-refractivity contribution in [2.45, 2.75) is 25.6 Å². The first-order valence-electron chi connectivity index (χ1n) is 4.92. The molecular weight excluding hydrogens is 315 g/mol. The maximum Gasteiger partial charge on any atom is 0.416 e. The third-order valence-electron chi connectivity index (χ3n) is 2.10. The summed E-state index contributed by atoms with van der Waals surface area (Å²) in [5, 5.41) is 11.6. The number of aliphatic hydroxyl groups is 1. The van der Waals surface area contributed by atoms with Crippen molar-refractivity contribution in [2.24, 2.45) is 0 Å². The fourth-order valence-electron chi connectivity index (χ4n) is 1.07. The number of carbonyl (C=O) groups is 1. The van der Waals surface area contributed by atoms with Crippen molar-refractivity contribution in [3.8, 4) is 0 Å². The monoisotopic (exact) mass is 325 g/mol. The standard InChI is InChI=1S/C11H11BrF3NO2/c1-10(2,18)9(17)16-8-5-6(11(13,14)15)3-4-7(8)12/h3-5,18H,1-2H3,(H,16,17). The number of amides is 1. The van der Waals surface area contributed by atoms with Crippen LogP contribution < -0.4 is 5.32 Å². The number of benzene rings is 1. The van der Waals surface area contributed by atoms with Crippen molar-refractivity contribution in [1.82, 2.24) is 0 Å². The first-order valence-corrected chi connectivity index (χ1v) is 5.71. The van der Waals surface area contributed by atoms with Crippen LogP contribution in [0.25, 0.3) is 0 Å². The van der Waals surface area contributed by atoms with E-state index >= 15 is 0 Å². The Balaban J connectivity index is 3.06. The molecule has 0 spiro atoms. The van der Waals surface area contributed by atoms with E-state index in [1.165, 1.54) is 19.9 Å². The Hall–Kier alpha value is -1.08. The lowest BCUT2D eigenvalue weighted by atomic mass is 10.1. The van der Waals surface area contributed by atoms with Gasteiger partial charge in [-0.3, -0.25) is 4.79 Å². The second-order valence-corrected chi connectivity index (χ2v) is 5.06. The molecule has 7 heteroatoms. The van der Waals surface area contributed by atoms with Crippen LogP contribution in [0.2, 0.25) is 0 Å². The highest BCUT2D eigenvalue weighted by atomic mass is 79.9. The van der Waals surface area contributed by atoms with Gasteiger partial charge in [0.15, 0.2) is 0 Å². The van der Waals surface area contributed by atoms with Gasteiger partial charge in [-0.25, -0.2) is 0 Å². The molecule has 1 rings (SSSR count). The van der Waals surface area contributed by atoms with E-state index in [9.17, 15) is 23.1 Å². The molecule has 1 amide bonds. The molecular formula is C11H11BrF3NO2. The summed E-state index contributed by atoms with van der Waals surface area (Å²) in [4.78, 5) is 11.5. The summed E-state index contributed by atoms with van der Waals surface area (Å²) in [5.74, 6) is -0.789. The molecule has 0 radical (unpaired) electrons. The van der Waals surface area contributed by atoms with Gasteiger partial charge >= 0.3 is 6.18 Å². The molecule has 0 aromatic heterocycles. The van der Waals surface area contributed by atoms with Gasteiger partial charge < -0.3 is 10.4 Å². The predicted molar refractivity (Wildman–Crippen MR) is 64.1 cm³/mol. The van der Waals surface area contributed by atoms with Gasteiger partial charge in [-0.1, -0.05) is 0 Å². The van der Waals surface area contributed by atoms with Gasteiger partial charge in [-0.05, 0) is 48.0 Å². The van der Waals surface area contributed by atoms with Crippen LogP contribution in [-0.4, -0.2) is 16.6 Å². The number of anilines is 1. The Morgan fingerprint density at radius 3 is 2.33 bits per heavy atom. The normalized spacial score (nSPS) is 12.4. The molecule has 0 saturated heterocycles. The average Bonchev–Trinajstić information content (AvgIpc) is 2.18. The van der Waals surface area contributed by atoms with Crippen LogP contribution in [0.3, 0.4) is 0 Å². The maximum atomic E-state index is 12.5. The number of hydrogen-bond donors (Lipinski definition) is 2. The lowest BCUT2D eigenvalue weighted by Gasteiger charge is -2.18. The van der Waals surface area contributed by atoms with Gasteiger partial charge in [0.1, 0.15) is 5.60 Å². The predicted octanol–water partition coefficient (Wildman–Crippen LogP) is 3.18. The molecule has 0 atom stereocenters. The zero-order valence-corrected chi connectivity index (χ0v) is 11.2. The highest BCUT2D eigenvalue weighted by Crippen LogP contribution is 2.34. The molecule has 0 unspecified atom stereocenters. The molecule has 0 saturated carbocycles. The molecule has 0 aliphatic rings. The fourth-order valence-corrected chi connectivity index (χ4v) is 1.42. The highest BCUT2D eigenvalue weighted by Gasteiger charge is 2.31.